The second-order valence-corrected chi connectivity index (χ2v) is 8.68. The molecule has 2 heterocycles. The monoisotopic (exact) mass is 408 g/mol. The van der Waals surface area contributed by atoms with E-state index in [0.29, 0.717) is 13.1 Å². The van der Waals surface area contributed by atoms with E-state index in [0.717, 1.165) is 41.5 Å². The highest BCUT2D eigenvalue weighted by atomic mass is 32.2. The van der Waals surface area contributed by atoms with Crippen LogP contribution in [-0.2, 0) is 6.42 Å². The Labute approximate surface area is 170 Å². The molecule has 0 radical (unpaired) electrons. The molecular weight excluding hydrogens is 378 g/mol. The summed E-state index contributed by atoms with van der Waals surface area (Å²) in [6, 6.07) is 6.24. The van der Waals surface area contributed by atoms with Crippen LogP contribution in [-0.4, -0.2) is 33.9 Å². The van der Waals surface area contributed by atoms with Gasteiger partial charge in [0.2, 0.25) is 0 Å². The fourth-order valence-corrected chi connectivity index (χ4v) is 3.91. The Morgan fingerprint density at radius 2 is 1.96 bits per heavy atom. The third-order valence-electron chi connectivity index (χ3n) is 5.00. The third-order valence-corrected chi connectivity index (χ3v) is 5.76. The predicted molar refractivity (Wildman–Crippen MR) is 117 cm³/mol. The van der Waals surface area contributed by atoms with Crippen molar-refractivity contribution in [1.29, 1.82) is 10.8 Å². The van der Waals surface area contributed by atoms with Crippen LogP contribution >= 0.6 is 11.8 Å². The molecule has 0 saturated heterocycles. The number of pyridine rings is 1. The fourth-order valence-electron chi connectivity index (χ4n) is 3.35. The van der Waals surface area contributed by atoms with Crippen molar-refractivity contribution >= 4 is 33.1 Å². The molecule has 0 amide bonds. The van der Waals surface area contributed by atoms with Crippen molar-refractivity contribution in [2.24, 2.45) is 5.92 Å². The average molecular weight is 409 g/mol. The second-order valence-electron chi connectivity index (χ2n) is 7.57. The smallest absolute Gasteiger partial charge is 0.137 e. The van der Waals surface area contributed by atoms with Crippen molar-refractivity contribution in [1.82, 2.24) is 4.40 Å². The average Bonchev–Trinajstić information content (AvgIpc) is 3.37. The van der Waals surface area contributed by atoms with E-state index in [1.54, 1.807) is 0 Å². The molecule has 0 spiro atoms. The first-order valence-electron chi connectivity index (χ1n) is 9.57. The minimum atomic E-state index is -0.832. The molecule has 1 saturated carbocycles. The quantitative estimate of drug-likeness (QED) is 0.384. The Morgan fingerprint density at radius 1 is 1.29 bits per heavy atom. The molecule has 154 valence electrons. The van der Waals surface area contributed by atoms with Crippen LogP contribution in [0.25, 0.3) is 5.52 Å². The van der Waals surface area contributed by atoms with E-state index >= 15 is 0 Å². The van der Waals surface area contributed by atoms with E-state index < -0.39 is 6.67 Å². The highest BCUT2D eigenvalue weighted by molar-refractivity contribution is 8.26. The number of nitrogens with one attached hydrogen (secondary N) is 3. The molecule has 28 heavy (non-hydrogen) atoms. The summed E-state index contributed by atoms with van der Waals surface area (Å²) < 4.78 is 24.2. The lowest BCUT2D eigenvalue weighted by atomic mass is 10.0. The topological polar surface area (TPSA) is 64.1 Å². The molecule has 0 atom stereocenters. The van der Waals surface area contributed by atoms with E-state index in [9.17, 15) is 8.78 Å². The molecule has 7 heteroatoms. The first-order valence-corrected chi connectivity index (χ1v) is 10.4. The van der Waals surface area contributed by atoms with Gasteiger partial charge in [0.15, 0.2) is 0 Å². The molecule has 1 aliphatic carbocycles. The van der Waals surface area contributed by atoms with Gasteiger partial charge < -0.3 is 9.72 Å². The number of aromatic nitrogens is 1. The summed E-state index contributed by atoms with van der Waals surface area (Å²) in [6.45, 7) is 5.72. The first kappa shape index (κ1) is 22.4. The van der Waals surface area contributed by atoms with Gasteiger partial charge in [0, 0.05) is 17.3 Å². The second kappa shape index (κ2) is 9.54. The maximum absolute atomic E-state index is 12.7. The van der Waals surface area contributed by atoms with Crippen LogP contribution < -0.4 is 5.32 Å². The Balaban J connectivity index is 0.00000136. The zero-order valence-corrected chi connectivity index (χ0v) is 17.9. The fraction of sp³-hybridized carbons (Fsp3) is 0.524. The zero-order valence-electron chi connectivity index (χ0n) is 17.0. The van der Waals surface area contributed by atoms with E-state index in [1.165, 1.54) is 18.4 Å². The van der Waals surface area contributed by atoms with Crippen molar-refractivity contribution in [3.8, 4) is 0 Å². The lowest BCUT2D eigenvalue weighted by Crippen LogP contribution is -2.20. The number of alkyl halides is 2. The number of anilines is 1. The van der Waals surface area contributed by atoms with Crippen LogP contribution in [0.1, 0.15) is 51.3 Å². The molecule has 0 aromatic carbocycles. The van der Waals surface area contributed by atoms with Crippen LogP contribution in [0, 0.1) is 16.7 Å². The van der Waals surface area contributed by atoms with Gasteiger partial charge in [0.05, 0.1) is 18.6 Å². The van der Waals surface area contributed by atoms with Gasteiger partial charge in [-0.15, -0.1) is 0 Å². The summed E-state index contributed by atoms with van der Waals surface area (Å²) in [5, 5.41) is 19.6. The number of fused-ring (bicyclic) bond motifs is 1. The third kappa shape index (κ3) is 5.13. The number of halogens is 2. The normalized spacial score (nSPS) is 14.5. The number of hydrogen-bond acceptors (Lipinski definition) is 4. The summed E-state index contributed by atoms with van der Waals surface area (Å²) in [6.07, 6.45) is 6.45. The SMILES string of the molecule is CCC1(Nc2ccc3c(CC(C)C)cc(C(=N)SC(=N)CF)n3c2)CC1.CF. The van der Waals surface area contributed by atoms with Gasteiger partial charge >= 0.3 is 0 Å². The Bertz CT molecular complexity index is 840. The van der Waals surface area contributed by atoms with Gasteiger partial charge in [-0.1, -0.05) is 32.5 Å². The molecule has 3 rings (SSSR count). The Hall–Kier alpha value is -1.89. The van der Waals surface area contributed by atoms with Crippen molar-refractivity contribution in [2.75, 3.05) is 19.2 Å². The van der Waals surface area contributed by atoms with Gasteiger partial charge in [-0.2, -0.15) is 0 Å². The van der Waals surface area contributed by atoms with E-state index in [1.807, 2.05) is 16.7 Å². The molecule has 2 aromatic rings. The van der Waals surface area contributed by atoms with Crippen molar-refractivity contribution < 1.29 is 8.78 Å². The van der Waals surface area contributed by atoms with Gasteiger partial charge in [0.25, 0.3) is 0 Å². The molecule has 4 nitrogen and oxygen atoms in total. The molecule has 2 aromatic heterocycles. The van der Waals surface area contributed by atoms with Gasteiger partial charge in [0.1, 0.15) is 16.8 Å². The molecule has 1 fully saturated rings. The molecule has 0 bridgehead atoms. The predicted octanol–water partition coefficient (Wildman–Crippen LogP) is 6.08. The summed E-state index contributed by atoms with van der Waals surface area (Å²) in [7, 11) is 0.500. The maximum atomic E-state index is 12.7. The Kier molecular flexibility index (Phi) is 7.63. The minimum Gasteiger partial charge on any atom is -0.378 e. The van der Waals surface area contributed by atoms with Crippen molar-refractivity contribution in [3.05, 3.63) is 35.7 Å². The van der Waals surface area contributed by atoms with E-state index in [4.69, 9.17) is 10.8 Å². The van der Waals surface area contributed by atoms with Gasteiger partial charge in [-0.3, -0.25) is 15.2 Å². The van der Waals surface area contributed by atoms with Gasteiger partial charge in [-0.25, -0.2) is 4.39 Å². The summed E-state index contributed by atoms with van der Waals surface area (Å²) in [5.41, 5.74) is 4.26. The summed E-state index contributed by atoms with van der Waals surface area (Å²) in [5.74, 6) is 0.507. The lowest BCUT2D eigenvalue weighted by molar-refractivity contribution is 0.584. The van der Waals surface area contributed by atoms with Crippen LogP contribution in [0.3, 0.4) is 0 Å². The van der Waals surface area contributed by atoms with Crippen molar-refractivity contribution in [2.45, 2.75) is 52.0 Å². The van der Waals surface area contributed by atoms with Crippen LogP contribution in [0.2, 0.25) is 0 Å². The van der Waals surface area contributed by atoms with Crippen LogP contribution in [0.5, 0.6) is 0 Å². The number of thioether (sulfide) groups is 1. The van der Waals surface area contributed by atoms with Crippen LogP contribution in [0.15, 0.2) is 24.4 Å². The summed E-state index contributed by atoms with van der Waals surface area (Å²) in [4.78, 5) is 0. The standard InChI is InChI=1S/C20H27FN4S.CH3F/c1-4-20(7-8-20)24-15-5-6-16-14(9-13(2)3)10-17(25(16)12-15)19(23)26-18(22)11-21;1-2/h5-6,10,12-13,22-24H,4,7-9,11H2,1-3H3;1H3. The maximum Gasteiger partial charge on any atom is 0.137 e. The highest BCUT2D eigenvalue weighted by Gasteiger charge is 2.40. The molecule has 3 N–H and O–H groups in total. The lowest BCUT2D eigenvalue weighted by Gasteiger charge is -2.17. The van der Waals surface area contributed by atoms with Crippen LogP contribution in [0.4, 0.5) is 14.5 Å². The number of hydrogen-bond donors (Lipinski definition) is 3. The highest BCUT2D eigenvalue weighted by Crippen LogP contribution is 2.41. The van der Waals surface area contributed by atoms with E-state index in [2.05, 4.69) is 38.2 Å². The molecule has 0 aliphatic heterocycles. The molecule has 1 aliphatic rings. The number of rotatable bonds is 7. The summed E-state index contributed by atoms with van der Waals surface area (Å²) >= 11 is 0.886. The van der Waals surface area contributed by atoms with E-state index in [-0.39, 0.29) is 15.6 Å². The zero-order chi connectivity index (χ0) is 20.9. The first-order chi connectivity index (χ1) is 13.4. The number of nitrogens with zero attached hydrogens (tertiary/aromatic N) is 1. The van der Waals surface area contributed by atoms with Gasteiger partial charge in [-0.05, 0) is 55.4 Å². The van der Waals surface area contributed by atoms with Crippen molar-refractivity contribution in [3.63, 3.8) is 0 Å². The molecular formula is C21H30F2N4S. The minimum absolute atomic E-state index is 0.132. The largest absolute Gasteiger partial charge is 0.378 e. The Morgan fingerprint density at radius 3 is 2.50 bits per heavy atom. The molecule has 0 unspecified atom stereocenters.